The molecule has 3 heteroatoms. The van der Waals surface area contributed by atoms with Crippen LogP contribution in [0.15, 0.2) is 40.8 Å². The second-order valence-corrected chi connectivity index (χ2v) is 2.63. The van der Waals surface area contributed by atoms with Gasteiger partial charge in [0, 0.05) is 5.57 Å². The Bertz CT molecular complexity index is 287. The average Bonchev–Trinajstić information content (AvgIpc) is 2.26. The first-order valence-corrected chi connectivity index (χ1v) is 3.67. The number of carbonyl (C=O) groups is 1. The SMILES string of the molecule is CC1C=CC=C(C=O)C(N=O)=C1. The Morgan fingerprint density at radius 1 is 1.58 bits per heavy atom. The molecule has 0 aromatic rings. The van der Waals surface area contributed by atoms with Crippen molar-refractivity contribution in [3.63, 3.8) is 0 Å². The van der Waals surface area contributed by atoms with E-state index in [2.05, 4.69) is 5.18 Å². The molecule has 12 heavy (non-hydrogen) atoms. The van der Waals surface area contributed by atoms with Crippen LogP contribution in [0, 0.1) is 10.8 Å². The van der Waals surface area contributed by atoms with E-state index in [4.69, 9.17) is 0 Å². The van der Waals surface area contributed by atoms with Crippen molar-refractivity contribution in [1.29, 1.82) is 0 Å². The summed E-state index contributed by atoms with van der Waals surface area (Å²) in [5.41, 5.74) is 0.563. The Morgan fingerprint density at radius 3 is 2.92 bits per heavy atom. The molecular formula is C9H9NO2. The van der Waals surface area contributed by atoms with E-state index >= 15 is 0 Å². The molecule has 1 aliphatic rings. The van der Waals surface area contributed by atoms with Gasteiger partial charge in [-0.05, 0) is 23.2 Å². The maximum absolute atomic E-state index is 10.4. The van der Waals surface area contributed by atoms with Crippen LogP contribution in [-0.2, 0) is 4.79 Å². The second kappa shape index (κ2) is 3.76. The number of aldehydes is 1. The van der Waals surface area contributed by atoms with E-state index in [9.17, 15) is 9.70 Å². The van der Waals surface area contributed by atoms with Crippen LogP contribution < -0.4 is 0 Å². The maximum atomic E-state index is 10.4. The van der Waals surface area contributed by atoms with Gasteiger partial charge in [-0.1, -0.05) is 19.1 Å². The number of hydrogen-bond acceptors (Lipinski definition) is 3. The van der Waals surface area contributed by atoms with Gasteiger partial charge in [0.1, 0.15) is 5.70 Å². The van der Waals surface area contributed by atoms with Crippen molar-refractivity contribution in [2.75, 3.05) is 0 Å². The molecule has 1 rings (SSSR count). The number of allylic oxidation sites excluding steroid dienone is 5. The van der Waals surface area contributed by atoms with Crippen molar-refractivity contribution in [2.24, 2.45) is 11.1 Å². The third-order valence-electron chi connectivity index (χ3n) is 1.63. The van der Waals surface area contributed by atoms with E-state index in [0.29, 0.717) is 11.9 Å². The van der Waals surface area contributed by atoms with Crippen LogP contribution in [0.5, 0.6) is 0 Å². The van der Waals surface area contributed by atoms with E-state index in [1.54, 1.807) is 18.2 Å². The molecule has 0 aromatic heterocycles. The van der Waals surface area contributed by atoms with Crippen LogP contribution in [-0.4, -0.2) is 6.29 Å². The zero-order chi connectivity index (χ0) is 8.97. The zero-order valence-electron chi connectivity index (χ0n) is 6.73. The summed E-state index contributed by atoms with van der Waals surface area (Å²) in [4.78, 5) is 20.7. The molecule has 0 fully saturated rings. The normalized spacial score (nSPS) is 22.2. The first-order chi connectivity index (χ1) is 5.77. The van der Waals surface area contributed by atoms with Crippen LogP contribution in [0.4, 0.5) is 0 Å². The Morgan fingerprint density at radius 2 is 2.33 bits per heavy atom. The van der Waals surface area contributed by atoms with Gasteiger partial charge in [-0.3, -0.25) is 4.79 Å². The minimum absolute atomic E-state index is 0.145. The van der Waals surface area contributed by atoms with Gasteiger partial charge < -0.3 is 0 Å². The van der Waals surface area contributed by atoms with E-state index < -0.39 is 0 Å². The van der Waals surface area contributed by atoms with Gasteiger partial charge in [0.25, 0.3) is 0 Å². The summed E-state index contributed by atoms with van der Waals surface area (Å²) in [6.45, 7) is 1.92. The van der Waals surface area contributed by atoms with E-state index in [-0.39, 0.29) is 11.6 Å². The molecule has 0 N–H and O–H groups in total. The van der Waals surface area contributed by atoms with Gasteiger partial charge in [0.2, 0.25) is 0 Å². The lowest BCUT2D eigenvalue weighted by atomic mass is 10.1. The molecule has 0 amide bonds. The van der Waals surface area contributed by atoms with Gasteiger partial charge >= 0.3 is 0 Å². The second-order valence-electron chi connectivity index (χ2n) is 2.63. The predicted octanol–water partition coefficient (Wildman–Crippen LogP) is 1.97. The summed E-state index contributed by atoms with van der Waals surface area (Å²) in [6.07, 6.45) is 7.53. The molecule has 0 aromatic carbocycles. The van der Waals surface area contributed by atoms with Crippen LogP contribution >= 0.6 is 0 Å². The number of nitrogens with zero attached hydrogens (tertiary/aromatic N) is 1. The molecule has 1 unspecified atom stereocenters. The van der Waals surface area contributed by atoms with Crippen molar-refractivity contribution >= 4 is 6.29 Å². The summed E-state index contributed by atoms with van der Waals surface area (Å²) in [7, 11) is 0. The largest absolute Gasteiger partial charge is 0.298 e. The lowest BCUT2D eigenvalue weighted by molar-refractivity contribution is -0.104. The minimum atomic E-state index is 0.145. The van der Waals surface area contributed by atoms with E-state index in [1.165, 1.54) is 0 Å². The van der Waals surface area contributed by atoms with E-state index in [1.807, 2.05) is 13.0 Å². The third-order valence-corrected chi connectivity index (χ3v) is 1.63. The zero-order valence-corrected chi connectivity index (χ0v) is 6.73. The summed E-state index contributed by atoms with van der Waals surface area (Å²) < 4.78 is 0. The molecule has 0 saturated heterocycles. The van der Waals surface area contributed by atoms with Crippen molar-refractivity contribution < 1.29 is 4.79 Å². The van der Waals surface area contributed by atoms with E-state index in [0.717, 1.165) is 0 Å². The monoisotopic (exact) mass is 163 g/mol. The highest BCUT2D eigenvalue weighted by atomic mass is 16.3. The van der Waals surface area contributed by atoms with Gasteiger partial charge in [-0.25, -0.2) is 0 Å². The summed E-state index contributed by atoms with van der Waals surface area (Å²) >= 11 is 0. The van der Waals surface area contributed by atoms with Crippen molar-refractivity contribution in [2.45, 2.75) is 6.92 Å². The first kappa shape index (κ1) is 8.59. The molecule has 0 spiro atoms. The highest BCUT2D eigenvalue weighted by molar-refractivity contribution is 5.80. The predicted molar refractivity (Wildman–Crippen MR) is 46.3 cm³/mol. The third kappa shape index (κ3) is 1.75. The smallest absolute Gasteiger partial charge is 0.152 e. The molecule has 0 aliphatic heterocycles. The minimum Gasteiger partial charge on any atom is -0.298 e. The average molecular weight is 163 g/mol. The van der Waals surface area contributed by atoms with Gasteiger partial charge in [0.05, 0.1) is 0 Å². The highest BCUT2D eigenvalue weighted by Gasteiger charge is 2.07. The summed E-state index contributed by atoms with van der Waals surface area (Å²) in [5.74, 6) is 0.145. The van der Waals surface area contributed by atoms with Gasteiger partial charge in [-0.2, -0.15) is 0 Å². The first-order valence-electron chi connectivity index (χ1n) is 3.67. The van der Waals surface area contributed by atoms with Crippen LogP contribution in [0.1, 0.15) is 6.92 Å². The molecule has 1 aliphatic carbocycles. The number of hydrogen-bond donors (Lipinski definition) is 0. The molecule has 0 bridgehead atoms. The molecule has 0 radical (unpaired) electrons. The fourth-order valence-electron chi connectivity index (χ4n) is 1.00. The number of rotatable bonds is 2. The quantitative estimate of drug-likeness (QED) is 0.461. The molecule has 62 valence electrons. The number of nitroso groups, excluding NO2 is 1. The standard InChI is InChI=1S/C9H9NO2/c1-7-3-2-4-8(6-11)9(5-7)10-12/h2-7H,1H3. The molecule has 3 nitrogen and oxygen atoms in total. The highest BCUT2D eigenvalue weighted by Crippen LogP contribution is 2.16. The molecule has 0 heterocycles. The van der Waals surface area contributed by atoms with Crippen molar-refractivity contribution in [1.82, 2.24) is 0 Å². The lowest BCUT2D eigenvalue weighted by Gasteiger charge is -1.96. The Kier molecular flexibility index (Phi) is 2.69. The van der Waals surface area contributed by atoms with Crippen molar-refractivity contribution in [3.05, 3.63) is 40.5 Å². The maximum Gasteiger partial charge on any atom is 0.152 e. The number of carbonyl (C=O) groups excluding carboxylic acids is 1. The Balaban J connectivity index is 3.06. The lowest BCUT2D eigenvalue weighted by Crippen LogP contribution is -1.89. The molecular weight excluding hydrogens is 154 g/mol. The molecule has 1 atom stereocenters. The van der Waals surface area contributed by atoms with Crippen LogP contribution in [0.3, 0.4) is 0 Å². The topological polar surface area (TPSA) is 46.5 Å². The van der Waals surface area contributed by atoms with Gasteiger partial charge in [-0.15, -0.1) is 4.91 Å². The molecule has 0 saturated carbocycles. The van der Waals surface area contributed by atoms with Crippen LogP contribution in [0.25, 0.3) is 0 Å². The Hall–Kier alpha value is -1.51. The van der Waals surface area contributed by atoms with Crippen molar-refractivity contribution in [3.8, 4) is 0 Å². The van der Waals surface area contributed by atoms with Crippen LogP contribution in [0.2, 0.25) is 0 Å². The van der Waals surface area contributed by atoms with Gasteiger partial charge in [0.15, 0.2) is 6.29 Å². The fraction of sp³-hybridized carbons (Fsp3) is 0.222. The Labute approximate surface area is 70.4 Å². The summed E-state index contributed by atoms with van der Waals surface area (Å²) in [5, 5.41) is 2.78. The fourth-order valence-corrected chi connectivity index (χ4v) is 1.00. The summed E-state index contributed by atoms with van der Waals surface area (Å²) in [6, 6.07) is 0.